The number of nitrogens with one attached hydrogen (secondary N) is 1. The van der Waals surface area contributed by atoms with E-state index in [1.807, 2.05) is 47.7 Å². The summed E-state index contributed by atoms with van der Waals surface area (Å²) in [6, 6.07) is 10.6. The third-order valence-corrected chi connectivity index (χ3v) is 5.67. The first-order valence-corrected chi connectivity index (χ1v) is 10.1. The fourth-order valence-corrected chi connectivity index (χ4v) is 4.19. The molecule has 0 radical (unpaired) electrons. The number of hydrogen-bond acceptors (Lipinski definition) is 4. The molecule has 7 heteroatoms. The van der Waals surface area contributed by atoms with Crippen LogP contribution in [0.15, 0.2) is 30.3 Å². The molecule has 28 heavy (non-hydrogen) atoms. The lowest BCUT2D eigenvalue weighted by atomic mass is 10.1. The highest BCUT2D eigenvalue weighted by molar-refractivity contribution is 5.74. The lowest BCUT2D eigenvalue weighted by Crippen LogP contribution is -2.46. The highest BCUT2D eigenvalue weighted by atomic mass is 16.5. The van der Waals surface area contributed by atoms with Gasteiger partial charge in [-0.2, -0.15) is 5.10 Å². The molecule has 2 amide bonds. The van der Waals surface area contributed by atoms with Gasteiger partial charge in [0.2, 0.25) is 0 Å². The van der Waals surface area contributed by atoms with E-state index < -0.39 is 0 Å². The Kier molecular flexibility index (Phi) is 5.64. The quantitative estimate of drug-likeness (QED) is 0.878. The van der Waals surface area contributed by atoms with Gasteiger partial charge in [0.1, 0.15) is 0 Å². The van der Waals surface area contributed by atoms with Crippen LogP contribution in [0.5, 0.6) is 0 Å². The number of hydrogen-bond donors (Lipinski definition) is 1. The van der Waals surface area contributed by atoms with E-state index in [2.05, 4.69) is 21.4 Å². The van der Waals surface area contributed by atoms with Crippen LogP contribution in [0.4, 0.5) is 4.79 Å². The van der Waals surface area contributed by atoms with Crippen LogP contribution >= 0.6 is 0 Å². The van der Waals surface area contributed by atoms with E-state index in [0.29, 0.717) is 12.6 Å². The summed E-state index contributed by atoms with van der Waals surface area (Å²) in [5, 5.41) is 7.69. The number of ether oxygens (including phenoxy) is 1. The predicted molar refractivity (Wildman–Crippen MR) is 108 cm³/mol. The van der Waals surface area contributed by atoms with Gasteiger partial charge in [0.25, 0.3) is 0 Å². The number of nitrogens with zero attached hydrogens (tertiary/aromatic N) is 4. The first-order valence-electron chi connectivity index (χ1n) is 10.1. The second-order valence-corrected chi connectivity index (χ2v) is 7.66. The van der Waals surface area contributed by atoms with Crippen LogP contribution in [0.2, 0.25) is 0 Å². The monoisotopic (exact) mass is 383 g/mol. The van der Waals surface area contributed by atoms with Gasteiger partial charge in [-0.3, -0.25) is 4.90 Å². The third kappa shape index (κ3) is 4.05. The van der Waals surface area contributed by atoms with Gasteiger partial charge < -0.3 is 15.0 Å². The summed E-state index contributed by atoms with van der Waals surface area (Å²) in [5.74, 6) is 0. The molecule has 1 N–H and O–H groups in total. The van der Waals surface area contributed by atoms with Crippen molar-refractivity contribution in [3.05, 3.63) is 47.3 Å². The Bertz CT molecular complexity index is 828. The summed E-state index contributed by atoms with van der Waals surface area (Å²) in [6.45, 7) is 9.67. The van der Waals surface area contributed by atoms with Crippen molar-refractivity contribution in [1.29, 1.82) is 0 Å². The first-order chi connectivity index (χ1) is 13.6. The van der Waals surface area contributed by atoms with Crippen molar-refractivity contribution >= 4 is 6.03 Å². The van der Waals surface area contributed by atoms with E-state index in [1.54, 1.807) is 0 Å². The number of rotatable bonds is 4. The van der Waals surface area contributed by atoms with Gasteiger partial charge in [0, 0.05) is 44.5 Å². The van der Waals surface area contributed by atoms with Crippen molar-refractivity contribution in [3.63, 3.8) is 0 Å². The molecular formula is C21H29N5O2. The minimum atomic E-state index is 0.0129. The third-order valence-electron chi connectivity index (χ3n) is 5.67. The maximum atomic E-state index is 12.7. The van der Waals surface area contributed by atoms with Gasteiger partial charge in [-0.15, -0.1) is 0 Å². The van der Waals surface area contributed by atoms with Crippen molar-refractivity contribution in [2.75, 3.05) is 39.4 Å². The second-order valence-electron chi connectivity index (χ2n) is 7.66. The fraction of sp³-hybridized carbons (Fsp3) is 0.524. The highest BCUT2D eigenvalue weighted by Gasteiger charge is 2.31. The molecule has 0 aliphatic carbocycles. The van der Waals surface area contributed by atoms with E-state index >= 15 is 0 Å². The maximum Gasteiger partial charge on any atom is 0.317 e. The second kappa shape index (κ2) is 8.32. The Morgan fingerprint density at radius 2 is 2.00 bits per heavy atom. The normalized spacial score (nSPS) is 20.5. The SMILES string of the molecule is Cc1cc(C)n(-c2ccccc2CNC(=O)N2CCC(N3CCOCC3)C2)n1. The minimum absolute atomic E-state index is 0.0129. The standard InChI is InChI=1S/C21H29N5O2/c1-16-13-17(2)26(23-16)20-6-4-3-5-18(20)14-22-21(27)25-8-7-19(15-25)24-9-11-28-12-10-24/h3-6,13,19H,7-12,14-15H2,1-2H3,(H,22,27). The summed E-state index contributed by atoms with van der Waals surface area (Å²) < 4.78 is 7.38. The Morgan fingerprint density at radius 3 is 2.75 bits per heavy atom. The number of carbonyl (C=O) groups is 1. The van der Waals surface area contributed by atoms with Crippen LogP contribution in [0.3, 0.4) is 0 Å². The van der Waals surface area contributed by atoms with E-state index in [0.717, 1.165) is 68.5 Å². The fourth-order valence-electron chi connectivity index (χ4n) is 4.19. The molecule has 150 valence electrons. The van der Waals surface area contributed by atoms with E-state index in [-0.39, 0.29) is 6.03 Å². The van der Waals surface area contributed by atoms with Gasteiger partial charge >= 0.3 is 6.03 Å². The number of benzene rings is 1. The molecule has 2 aliphatic rings. The summed E-state index contributed by atoms with van der Waals surface area (Å²) in [7, 11) is 0. The number of aryl methyl sites for hydroxylation is 2. The number of likely N-dealkylation sites (tertiary alicyclic amines) is 1. The van der Waals surface area contributed by atoms with Crippen LogP contribution in [0, 0.1) is 13.8 Å². The molecule has 1 atom stereocenters. The number of morpholine rings is 1. The lowest BCUT2D eigenvalue weighted by Gasteiger charge is -2.32. The summed E-state index contributed by atoms with van der Waals surface area (Å²) in [4.78, 5) is 17.1. The zero-order valence-electron chi connectivity index (χ0n) is 16.7. The van der Waals surface area contributed by atoms with Crippen LogP contribution < -0.4 is 5.32 Å². The first kappa shape index (κ1) is 19.0. The predicted octanol–water partition coefficient (Wildman–Crippen LogP) is 2.11. The van der Waals surface area contributed by atoms with Crippen LogP contribution in [-0.2, 0) is 11.3 Å². The highest BCUT2D eigenvalue weighted by Crippen LogP contribution is 2.19. The average molecular weight is 383 g/mol. The Morgan fingerprint density at radius 1 is 1.21 bits per heavy atom. The molecule has 2 aromatic rings. The van der Waals surface area contributed by atoms with Gasteiger partial charge in [-0.25, -0.2) is 9.48 Å². The van der Waals surface area contributed by atoms with Crippen LogP contribution in [0.25, 0.3) is 5.69 Å². The van der Waals surface area contributed by atoms with Crippen molar-refractivity contribution in [3.8, 4) is 5.69 Å². The van der Waals surface area contributed by atoms with Crippen LogP contribution in [-0.4, -0.2) is 71.0 Å². The zero-order valence-corrected chi connectivity index (χ0v) is 16.7. The number of amides is 2. The van der Waals surface area contributed by atoms with E-state index in [1.165, 1.54) is 0 Å². The molecule has 3 heterocycles. The Labute approximate surface area is 166 Å². The Balaban J connectivity index is 1.37. The molecule has 0 bridgehead atoms. The lowest BCUT2D eigenvalue weighted by molar-refractivity contribution is 0.0191. The van der Waals surface area contributed by atoms with Gasteiger partial charge in [-0.05, 0) is 38.0 Å². The minimum Gasteiger partial charge on any atom is -0.379 e. The van der Waals surface area contributed by atoms with E-state index in [9.17, 15) is 4.79 Å². The maximum absolute atomic E-state index is 12.7. The molecule has 7 nitrogen and oxygen atoms in total. The number of urea groups is 1. The topological polar surface area (TPSA) is 62.6 Å². The molecule has 2 aliphatic heterocycles. The van der Waals surface area contributed by atoms with E-state index in [4.69, 9.17) is 4.74 Å². The molecule has 0 saturated carbocycles. The summed E-state index contributed by atoms with van der Waals surface area (Å²) in [5.41, 5.74) is 4.15. The summed E-state index contributed by atoms with van der Waals surface area (Å²) in [6.07, 6.45) is 1.04. The smallest absolute Gasteiger partial charge is 0.317 e. The largest absolute Gasteiger partial charge is 0.379 e. The number of aromatic nitrogens is 2. The average Bonchev–Trinajstić information content (AvgIpc) is 3.33. The number of para-hydroxylation sites is 1. The number of carbonyl (C=O) groups excluding carboxylic acids is 1. The van der Waals surface area contributed by atoms with Crippen LogP contribution in [0.1, 0.15) is 23.4 Å². The van der Waals surface area contributed by atoms with Gasteiger partial charge in [-0.1, -0.05) is 18.2 Å². The molecule has 2 saturated heterocycles. The molecule has 0 spiro atoms. The zero-order chi connectivity index (χ0) is 19.5. The summed E-state index contributed by atoms with van der Waals surface area (Å²) >= 11 is 0. The molecule has 2 fully saturated rings. The van der Waals surface area contributed by atoms with Crippen molar-refractivity contribution in [1.82, 2.24) is 24.9 Å². The molecule has 1 unspecified atom stereocenters. The Hall–Kier alpha value is -2.38. The molecule has 1 aromatic heterocycles. The van der Waals surface area contributed by atoms with Crippen molar-refractivity contribution in [2.24, 2.45) is 0 Å². The molecule has 4 rings (SSSR count). The van der Waals surface area contributed by atoms with Crippen molar-refractivity contribution < 1.29 is 9.53 Å². The van der Waals surface area contributed by atoms with Gasteiger partial charge in [0.05, 0.1) is 24.6 Å². The van der Waals surface area contributed by atoms with Gasteiger partial charge in [0.15, 0.2) is 0 Å². The molecule has 1 aromatic carbocycles. The molecular weight excluding hydrogens is 354 g/mol. The van der Waals surface area contributed by atoms with Crippen molar-refractivity contribution in [2.45, 2.75) is 32.9 Å².